The normalized spacial score (nSPS) is 22.7. The van der Waals surface area contributed by atoms with Crippen LogP contribution >= 0.6 is 0 Å². The average Bonchev–Trinajstić information content (AvgIpc) is 2.56. The number of hydrogen-bond donors (Lipinski definition) is 1. The molecule has 2 rings (SSSR count). The summed E-state index contributed by atoms with van der Waals surface area (Å²) in [6.07, 6.45) is 8.84. The molecule has 0 aromatic heterocycles. The largest absolute Gasteiger partial charge is 0.488 e. The molecule has 130 valence electrons. The van der Waals surface area contributed by atoms with Crippen LogP contribution < -0.4 is 4.74 Å². The lowest BCUT2D eigenvalue weighted by Gasteiger charge is -2.26. The molecule has 3 heteroatoms. The molecule has 1 aromatic carbocycles. The molecule has 0 aliphatic heterocycles. The van der Waals surface area contributed by atoms with Gasteiger partial charge in [-0.15, -0.1) is 0 Å². The van der Waals surface area contributed by atoms with Gasteiger partial charge in [-0.1, -0.05) is 38.3 Å². The van der Waals surface area contributed by atoms with Gasteiger partial charge < -0.3 is 14.6 Å². The van der Waals surface area contributed by atoms with Gasteiger partial charge in [0.15, 0.2) is 0 Å². The summed E-state index contributed by atoms with van der Waals surface area (Å²) in [5.41, 5.74) is 1.32. The van der Waals surface area contributed by atoms with Gasteiger partial charge in [-0.2, -0.15) is 0 Å². The number of ether oxygens (including phenoxy) is 2. The van der Waals surface area contributed by atoms with E-state index < -0.39 is 0 Å². The van der Waals surface area contributed by atoms with E-state index in [0.29, 0.717) is 12.5 Å². The summed E-state index contributed by atoms with van der Waals surface area (Å²) in [5, 5.41) is 9.84. The van der Waals surface area contributed by atoms with Gasteiger partial charge in [0.05, 0.1) is 12.7 Å². The predicted octanol–water partition coefficient (Wildman–Crippen LogP) is 4.68. The van der Waals surface area contributed by atoms with Crippen LogP contribution in [0.25, 0.3) is 0 Å². The average molecular weight is 320 g/mol. The molecule has 0 amide bonds. The lowest BCUT2D eigenvalue weighted by atomic mass is 9.82. The van der Waals surface area contributed by atoms with Crippen molar-refractivity contribution < 1.29 is 14.6 Å². The Balaban J connectivity index is 1.89. The van der Waals surface area contributed by atoms with Crippen molar-refractivity contribution >= 4 is 0 Å². The van der Waals surface area contributed by atoms with Gasteiger partial charge in [0.25, 0.3) is 0 Å². The number of aliphatic hydroxyl groups excluding tert-OH is 1. The molecule has 1 aromatic rings. The summed E-state index contributed by atoms with van der Waals surface area (Å²) in [5.74, 6) is 1.41. The molecule has 0 spiro atoms. The Morgan fingerprint density at radius 1 is 1.17 bits per heavy atom. The standard InChI is InChI=1S/C20H32O3/c1-3-4-5-9-20(15-22-2)23-19-12-10-16(11-13-19)17-7-6-8-18(21)14-17/h10-13,17-18,20-21H,3-9,14-15H2,1-2H3. The highest BCUT2D eigenvalue weighted by Crippen LogP contribution is 2.33. The smallest absolute Gasteiger partial charge is 0.122 e. The molecule has 1 aliphatic rings. The lowest BCUT2D eigenvalue weighted by Crippen LogP contribution is -2.22. The molecule has 1 N–H and O–H groups in total. The lowest BCUT2D eigenvalue weighted by molar-refractivity contribution is 0.0740. The van der Waals surface area contributed by atoms with Crippen molar-refractivity contribution in [2.24, 2.45) is 0 Å². The molecular weight excluding hydrogens is 288 g/mol. The van der Waals surface area contributed by atoms with Crippen molar-refractivity contribution in [2.75, 3.05) is 13.7 Å². The van der Waals surface area contributed by atoms with E-state index in [2.05, 4.69) is 31.2 Å². The van der Waals surface area contributed by atoms with Crippen molar-refractivity contribution in [3.05, 3.63) is 29.8 Å². The summed E-state index contributed by atoms with van der Waals surface area (Å²) in [6.45, 7) is 2.85. The van der Waals surface area contributed by atoms with E-state index in [1.165, 1.54) is 31.2 Å². The first kappa shape index (κ1) is 18.3. The number of unbranched alkanes of at least 4 members (excludes halogenated alkanes) is 2. The van der Waals surface area contributed by atoms with E-state index in [0.717, 1.165) is 31.4 Å². The highest BCUT2D eigenvalue weighted by Gasteiger charge is 2.21. The summed E-state index contributed by atoms with van der Waals surface area (Å²) >= 11 is 0. The van der Waals surface area contributed by atoms with Gasteiger partial charge >= 0.3 is 0 Å². The van der Waals surface area contributed by atoms with E-state index in [1.807, 2.05) is 0 Å². The fourth-order valence-electron chi connectivity index (χ4n) is 3.46. The molecular formula is C20H32O3. The van der Waals surface area contributed by atoms with Crippen LogP contribution in [0, 0.1) is 0 Å². The third-order valence-electron chi connectivity index (χ3n) is 4.78. The molecule has 1 aliphatic carbocycles. The fourth-order valence-corrected chi connectivity index (χ4v) is 3.46. The Bertz CT molecular complexity index is 429. The van der Waals surface area contributed by atoms with Crippen molar-refractivity contribution in [1.29, 1.82) is 0 Å². The van der Waals surface area contributed by atoms with Crippen LogP contribution in [-0.4, -0.2) is 31.0 Å². The van der Waals surface area contributed by atoms with E-state index in [-0.39, 0.29) is 12.2 Å². The molecule has 0 bridgehead atoms. The Morgan fingerprint density at radius 3 is 2.61 bits per heavy atom. The summed E-state index contributed by atoms with van der Waals surface area (Å²) in [7, 11) is 1.73. The second kappa shape index (κ2) is 9.94. The van der Waals surface area contributed by atoms with Gasteiger partial charge in [-0.25, -0.2) is 0 Å². The maximum Gasteiger partial charge on any atom is 0.122 e. The molecule has 3 atom stereocenters. The maximum atomic E-state index is 9.84. The number of benzene rings is 1. The van der Waals surface area contributed by atoms with Crippen molar-refractivity contribution in [3.63, 3.8) is 0 Å². The molecule has 3 nitrogen and oxygen atoms in total. The fraction of sp³-hybridized carbons (Fsp3) is 0.700. The van der Waals surface area contributed by atoms with Gasteiger partial charge in [-0.05, 0) is 55.7 Å². The Kier molecular flexibility index (Phi) is 7.90. The van der Waals surface area contributed by atoms with E-state index >= 15 is 0 Å². The topological polar surface area (TPSA) is 38.7 Å². The zero-order valence-electron chi connectivity index (χ0n) is 14.7. The number of hydrogen-bond acceptors (Lipinski definition) is 3. The SMILES string of the molecule is CCCCCC(COC)Oc1ccc(C2CCCC(O)C2)cc1. The highest BCUT2D eigenvalue weighted by molar-refractivity contribution is 5.30. The summed E-state index contributed by atoms with van der Waals surface area (Å²) in [6, 6.07) is 8.46. The number of aliphatic hydroxyl groups is 1. The van der Waals surface area contributed by atoms with Crippen LogP contribution in [0.1, 0.15) is 69.8 Å². The first-order chi connectivity index (χ1) is 11.2. The second-order valence-corrected chi connectivity index (χ2v) is 6.78. The maximum absolute atomic E-state index is 9.84. The van der Waals surface area contributed by atoms with Crippen LogP contribution in [0.3, 0.4) is 0 Å². The van der Waals surface area contributed by atoms with Crippen molar-refractivity contribution in [2.45, 2.75) is 76.4 Å². The summed E-state index contributed by atoms with van der Waals surface area (Å²) < 4.78 is 11.4. The van der Waals surface area contributed by atoms with Crippen LogP contribution in [0.15, 0.2) is 24.3 Å². The van der Waals surface area contributed by atoms with Crippen LogP contribution in [0.5, 0.6) is 5.75 Å². The van der Waals surface area contributed by atoms with Gasteiger partial charge in [0, 0.05) is 7.11 Å². The van der Waals surface area contributed by atoms with E-state index in [1.54, 1.807) is 7.11 Å². The predicted molar refractivity (Wildman–Crippen MR) is 94.1 cm³/mol. The Morgan fingerprint density at radius 2 is 1.96 bits per heavy atom. The molecule has 0 heterocycles. The molecule has 1 fully saturated rings. The third-order valence-corrected chi connectivity index (χ3v) is 4.78. The monoisotopic (exact) mass is 320 g/mol. The number of rotatable bonds is 9. The first-order valence-electron chi connectivity index (χ1n) is 9.16. The molecule has 1 saturated carbocycles. The molecule has 23 heavy (non-hydrogen) atoms. The van der Waals surface area contributed by atoms with Crippen LogP contribution in [0.2, 0.25) is 0 Å². The quantitative estimate of drug-likeness (QED) is 0.671. The molecule has 0 saturated heterocycles. The van der Waals surface area contributed by atoms with Gasteiger partial charge in [0.1, 0.15) is 11.9 Å². The zero-order chi connectivity index (χ0) is 16.5. The van der Waals surface area contributed by atoms with Crippen molar-refractivity contribution in [1.82, 2.24) is 0 Å². The minimum Gasteiger partial charge on any atom is -0.488 e. The molecule has 0 radical (unpaired) electrons. The Hall–Kier alpha value is -1.06. The number of methoxy groups -OCH3 is 1. The van der Waals surface area contributed by atoms with Gasteiger partial charge in [-0.3, -0.25) is 0 Å². The van der Waals surface area contributed by atoms with Gasteiger partial charge in [0.2, 0.25) is 0 Å². The first-order valence-corrected chi connectivity index (χ1v) is 9.16. The minimum atomic E-state index is -0.130. The zero-order valence-corrected chi connectivity index (χ0v) is 14.7. The van der Waals surface area contributed by atoms with E-state index in [4.69, 9.17) is 9.47 Å². The summed E-state index contributed by atoms with van der Waals surface area (Å²) in [4.78, 5) is 0. The highest BCUT2D eigenvalue weighted by atomic mass is 16.5. The molecule has 3 unspecified atom stereocenters. The second-order valence-electron chi connectivity index (χ2n) is 6.78. The van der Waals surface area contributed by atoms with Crippen LogP contribution in [0.4, 0.5) is 0 Å². The van der Waals surface area contributed by atoms with Crippen LogP contribution in [-0.2, 0) is 4.74 Å². The van der Waals surface area contributed by atoms with Crippen molar-refractivity contribution in [3.8, 4) is 5.75 Å². The minimum absolute atomic E-state index is 0.130. The van der Waals surface area contributed by atoms with E-state index in [9.17, 15) is 5.11 Å². The third kappa shape index (κ3) is 6.15. The Labute approximate surface area is 141 Å².